The Morgan fingerprint density at radius 1 is 1.30 bits per heavy atom. The molecule has 2 rings (SSSR count). The van der Waals surface area contributed by atoms with Crippen LogP contribution < -0.4 is 5.32 Å². The Morgan fingerprint density at radius 2 is 1.95 bits per heavy atom. The number of amides is 1. The van der Waals surface area contributed by atoms with E-state index in [0.717, 1.165) is 36.2 Å². The number of nitrogens with one attached hydrogen (secondary N) is 1. The van der Waals surface area contributed by atoms with E-state index in [1.54, 1.807) is 0 Å². The number of nitrogens with zero attached hydrogens (tertiary/aromatic N) is 1. The Morgan fingerprint density at radius 3 is 2.55 bits per heavy atom. The topological polar surface area (TPSA) is 32.3 Å². The lowest BCUT2D eigenvalue weighted by atomic mass is 9.95. The van der Waals surface area contributed by atoms with Gasteiger partial charge >= 0.3 is 0 Å². The highest BCUT2D eigenvalue weighted by molar-refractivity contribution is 6.00. The van der Waals surface area contributed by atoms with E-state index in [4.69, 9.17) is 0 Å². The fourth-order valence-corrected chi connectivity index (χ4v) is 3.14. The van der Waals surface area contributed by atoms with Gasteiger partial charge in [-0.15, -0.1) is 0 Å². The lowest BCUT2D eigenvalue weighted by Gasteiger charge is -2.39. The van der Waals surface area contributed by atoms with Gasteiger partial charge in [0.25, 0.3) is 5.91 Å². The average molecular weight is 274 g/mol. The molecule has 110 valence electrons. The van der Waals surface area contributed by atoms with E-state index in [0.29, 0.717) is 12.1 Å². The Bertz CT molecular complexity index is 474. The summed E-state index contributed by atoms with van der Waals surface area (Å²) < 4.78 is 0. The van der Waals surface area contributed by atoms with Crippen LogP contribution in [0.4, 0.5) is 5.69 Å². The molecule has 1 heterocycles. The first-order valence-corrected chi connectivity index (χ1v) is 7.71. The molecule has 0 radical (unpaired) electrons. The maximum atomic E-state index is 13.0. The monoisotopic (exact) mass is 274 g/mol. The van der Waals surface area contributed by atoms with Gasteiger partial charge in [0.15, 0.2) is 0 Å². The van der Waals surface area contributed by atoms with E-state index >= 15 is 0 Å². The van der Waals surface area contributed by atoms with Crippen molar-refractivity contribution in [2.75, 3.05) is 11.9 Å². The van der Waals surface area contributed by atoms with Gasteiger partial charge in [0.1, 0.15) is 0 Å². The van der Waals surface area contributed by atoms with Crippen LogP contribution in [-0.2, 0) is 0 Å². The molecule has 2 atom stereocenters. The molecule has 0 spiro atoms. The van der Waals surface area contributed by atoms with Crippen molar-refractivity contribution in [2.24, 2.45) is 0 Å². The van der Waals surface area contributed by atoms with Gasteiger partial charge in [-0.2, -0.15) is 0 Å². The molecule has 1 fully saturated rings. The Hall–Kier alpha value is -1.51. The largest absolute Gasteiger partial charge is 0.385 e. The van der Waals surface area contributed by atoms with E-state index < -0.39 is 0 Å². The summed E-state index contributed by atoms with van der Waals surface area (Å²) in [5, 5.41) is 3.31. The standard InChI is InChI=1S/C17H26N2O/c1-5-18-16-10-9-12(2)11-15(16)17(20)19-13(3)7-6-8-14(19)4/h9-11,13-14,18H,5-8H2,1-4H3. The van der Waals surface area contributed by atoms with Crippen LogP contribution in [0.5, 0.6) is 0 Å². The Balaban J connectivity index is 2.34. The van der Waals surface area contributed by atoms with Crippen molar-refractivity contribution in [1.82, 2.24) is 4.90 Å². The Labute approximate surface area is 122 Å². The highest BCUT2D eigenvalue weighted by Crippen LogP contribution is 2.27. The molecule has 3 nitrogen and oxygen atoms in total. The highest BCUT2D eigenvalue weighted by Gasteiger charge is 2.30. The number of hydrogen-bond donors (Lipinski definition) is 1. The van der Waals surface area contributed by atoms with Crippen molar-refractivity contribution in [3.8, 4) is 0 Å². The predicted molar refractivity (Wildman–Crippen MR) is 84.3 cm³/mol. The molecule has 20 heavy (non-hydrogen) atoms. The van der Waals surface area contributed by atoms with Gasteiger partial charge in [0.2, 0.25) is 0 Å². The van der Waals surface area contributed by atoms with Crippen LogP contribution in [0.25, 0.3) is 0 Å². The van der Waals surface area contributed by atoms with E-state index in [2.05, 4.69) is 37.1 Å². The van der Waals surface area contributed by atoms with Crippen LogP contribution in [0.3, 0.4) is 0 Å². The molecule has 0 aliphatic carbocycles. The molecule has 2 unspecified atom stereocenters. The van der Waals surface area contributed by atoms with E-state index in [1.807, 2.05) is 19.1 Å². The second-order valence-electron chi connectivity index (χ2n) is 5.92. The molecular weight excluding hydrogens is 248 g/mol. The van der Waals surface area contributed by atoms with Crippen LogP contribution in [0.1, 0.15) is 56.0 Å². The third-order valence-corrected chi connectivity index (χ3v) is 4.20. The SMILES string of the molecule is CCNc1ccc(C)cc1C(=O)N1C(C)CCCC1C. The molecule has 1 aromatic rings. The molecule has 1 amide bonds. The number of carbonyl (C=O) groups is 1. The number of aryl methyl sites for hydroxylation is 1. The van der Waals surface area contributed by atoms with Crippen LogP contribution >= 0.6 is 0 Å². The lowest BCUT2D eigenvalue weighted by Crippen LogP contribution is -2.47. The van der Waals surface area contributed by atoms with Gasteiger partial charge in [-0.05, 0) is 59.1 Å². The molecule has 0 saturated carbocycles. The number of benzene rings is 1. The fraction of sp³-hybridized carbons (Fsp3) is 0.588. The van der Waals surface area contributed by atoms with Crippen molar-refractivity contribution >= 4 is 11.6 Å². The van der Waals surface area contributed by atoms with E-state index in [9.17, 15) is 4.79 Å². The molecule has 0 bridgehead atoms. The number of rotatable bonds is 3. The fourth-order valence-electron chi connectivity index (χ4n) is 3.14. The van der Waals surface area contributed by atoms with Gasteiger partial charge in [-0.25, -0.2) is 0 Å². The molecule has 3 heteroatoms. The number of carbonyl (C=O) groups excluding carboxylic acids is 1. The van der Waals surface area contributed by atoms with Crippen molar-refractivity contribution < 1.29 is 4.79 Å². The number of likely N-dealkylation sites (tertiary alicyclic amines) is 1. The van der Waals surface area contributed by atoms with Crippen LogP contribution in [0.2, 0.25) is 0 Å². The Kier molecular flexibility index (Phi) is 4.69. The zero-order valence-electron chi connectivity index (χ0n) is 13.1. The third-order valence-electron chi connectivity index (χ3n) is 4.20. The zero-order chi connectivity index (χ0) is 14.7. The van der Waals surface area contributed by atoms with Crippen molar-refractivity contribution in [2.45, 2.75) is 59.0 Å². The molecule has 1 aliphatic rings. The van der Waals surface area contributed by atoms with E-state index in [1.165, 1.54) is 6.42 Å². The van der Waals surface area contributed by atoms with Crippen LogP contribution in [0.15, 0.2) is 18.2 Å². The summed E-state index contributed by atoms with van der Waals surface area (Å²) in [4.78, 5) is 15.0. The summed E-state index contributed by atoms with van der Waals surface area (Å²) in [7, 11) is 0. The molecule has 1 saturated heterocycles. The second kappa shape index (κ2) is 6.29. The normalized spacial score (nSPS) is 22.7. The minimum atomic E-state index is 0.171. The minimum absolute atomic E-state index is 0.171. The molecular formula is C17H26N2O. The number of anilines is 1. The number of piperidine rings is 1. The van der Waals surface area contributed by atoms with Gasteiger partial charge in [-0.3, -0.25) is 4.79 Å². The average Bonchev–Trinajstić information content (AvgIpc) is 2.40. The second-order valence-corrected chi connectivity index (χ2v) is 5.92. The highest BCUT2D eigenvalue weighted by atomic mass is 16.2. The smallest absolute Gasteiger partial charge is 0.256 e. The molecule has 0 aromatic heterocycles. The molecule has 1 aromatic carbocycles. The van der Waals surface area contributed by atoms with Gasteiger partial charge in [0, 0.05) is 24.3 Å². The zero-order valence-corrected chi connectivity index (χ0v) is 13.1. The predicted octanol–water partition coefficient (Wildman–Crippen LogP) is 3.83. The van der Waals surface area contributed by atoms with Gasteiger partial charge < -0.3 is 10.2 Å². The summed E-state index contributed by atoms with van der Waals surface area (Å²) in [5.74, 6) is 0.171. The van der Waals surface area contributed by atoms with E-state index in [-0.39, 0.29) is 5.91 Å². The van der Waals surface area contributed by atoms with Crippen LogP contribution in [0, 0.1) is 6.92 Å². The summed E-state index contributed by atoms with van der Waals surface area (Å²) in [6.07, 6.45) is 3.44. The summed E-state index contributed by atoms with van der Waals surface area (Å²) in [6, 6.07) is 6.75. The first-order valence-electron chi connectivity index (χ1n) is 7.71. The summed E-state index contributed by atoms with van der Waals surface area (Å²) >= 11 is 0. The van der Waals surface area contributed by atoms with Crippen molar-refractivity contribution in [1.29, 1.82) is 0 Å². The van der Waals surface area contributed by atoms with Crippen molar-refractivity contribution in [3.05, 3.63) is 29.3 Å². The third kappa shape index (κ3) is 2.97. The summed E-state index contributed by atoms with van der Waals surface area (Å²) in [6.45, 7) is 9.25. The maximum Gasteiger partial charge on any atom is 0.256 e. The van der Waals surface area contributed by atoms with Gasteiger partial charge in [-0.1, -0.05) is 11.6 Å². The van der Waals surface area contributed by atoms with Gasteiger partial charge in [0.05, 0.1) is 5.56 Å². The lowest BCUT2D eigenvalue weighted by molar-refractivity contribution is 0.0511. The number of hydrogen-bond acceptors (Lipinski definition) is 2. The maximum absolute atomic E-state index is 13.0. The van der Waals surface area contributed by atoms with Crippen molar-refractivity contribution in [3.63, 3.8) is 0 Å². The summed E-state index contributed by atoms with van der Waals surface area (Å²) in [5.41, 5.74) is 2.90. The first kappa shape index (κ1) is 14.9. The molecule has 1 N–H and O–H groups in total. The minimum Gasteiger partial charge on any atom is -0.385 e. The van der Waals surface area contributed by atoms with Crippen LogP contribution in [-0.4, -0.2) is 29.4 Å². The quantitative estimate of drug-likeness (QED) is 0.908. The molecule has 1 aliphatic heterocycles. The first-order chi connectivity index (χ1) is 9.54.